The lowest BCUT2D eigenvalue weighted by Gasteiger charge is -2.15. The van der Waals surface area contributed by atoms with Crippen molar-refractivity contribution in [3.63, 3.8) is 0 Å². The average Bonchev–Trinajstić information content (AvgIpc) is 2.43. The third-order valence-electron chi connectivity index (χ3n) is 3.31. The molecule has 2 aromatic rings. The minimum atomic E-state index is -3.77. The van der Waals surface area contributed by atoms with Crippen molar-refractivity contribution in [3.05, 3.63) is 58.1 Å². The average molecular weight is 326 g/mol. The van der Waals surface area contributed by atoms with Crippen LogP contribution in [0.3, 0.4) is 0 Å². The van der Waals surface area contributed by atoms with Crippen molar-refractivity contribution < 1.29 is 13.5 Å². The van der Waals surface area contributed by atoms with E-state index in [2.05, 4.69) is 4.72 Å². The highest BCUT2D eigenvalue weighted by Crippen LogP contribution is 2.29. The molecule has 0 unspecified atom stereocenters. The summed E-state index contributed by atoms with van der Waals surface area (Å²) >= 11 is 6.05. The van der Waals surface area contributed by atoms with Gasteiger partial charge in [0.2, 0.25) is 0 Å². The molecule has 6 heteroatoms. The van der Waals surface area contributed by atoms with Gasteiger partial charge in [0, 0.05) is 0 Å². The third kappa shape index (κ3) is 3.20. The molecule has 2 N–H and O–H groups in total. The van der Waals surface area contributed by atoms with Crippen molar-refractivity contribution in [2.45, 2.75) is 25.3 Å². The second-order valence-electron chi connectivity index (χ2n) is 4.74. The van der Waals surface area contributed by atoms with E-state index >= 15 is 0 Å². The molecule has 4 nitrogen and oxygen atoms in total. The smallest absolute Gasteiger partial charge is 0.262 e. The van der Waals surface area contributed by atoms with Crippen LogP contribution in [0.1, 0.15) is 16.7 Å². The van der Waals surface area contributed by atoms with Crippen LogP contribution >= 0.6 is 11.6 Å². The molecule has 2 rings (SSSR count). The van der Waals surface area contributed by atoms with Gasteiger partial charge >= 0.3 is 0 Å². The quantitative estimate of drug-likeness (QED) is 0.906. The van der Waals surface area contributed by atoms with Crippen molar-refractivity contribution in [1.29, 1.82) is 0 Å². The lowest BCUT2D eigenvalue weighted by Crippen LogP contribution is -2.16. The zero-order valence-corrected chi connectivity index (χ0v) is 13.3. The predicted octanol–water partition coefficient (Wildman–Crippen LogP) is 3.25. The molecule has 0 aromatic heterocycles. The molecule has 0 amide bonds. The number of nitrogens with one attached hydrogen (secondary N) is 1. The first-order valence-electron chi connectivity index (χ1n) is 6.34. The second-order valence-corrected chi connectivity index (χ2v) is 6.79. The van der Waals surface area contributed by atoms with Crippen molar-refractivity contribution in [2.75, 3.05) is 4.72 Å². The Bertz CT molecular complexity index is 752. The lowest BCUT2D eigenvalue weighted by molar-refractivity contribution is 0.280. The Hall–Kier alpha value is -1.56. The number of benzene rings is 2. The van der Waals surface area contributed by atoms with Crippen molar-refractivity contribution in [1.82, 2.24) is 0 Å². The molecular weight excluding hydrogens is 310 g/mol. The standard InChI is InChI=1S/C15H16ClNO3S/c1-10-5-3-7-13(16)15(10)17-21(19,20)14-8-4-6-12(9-18)11(14)2/h3-8,17-18H,9H2,1-2H3. The molecule has 2 aromatic carbocycles. The van der Waals surface area contributed by atoms with E-state index in [-0.39, 0.29) is 11.5 Å². The summed E-state index contributed by atoms with van der Waals surface area (Å²) in [6.07, 6.45) is 0. The van der Waals surface area contributed by atoms with E-state index in [4.69, 9.17) is 11.6 Å². The van der Waals surface area contributed by atoms with Gasteiger partial charge in [-0.15, -0.1) is 0 Å². The summed E-state index contributed by atoms with van der Waals surface area (Å²) in [6.45, 7) is 3.24. The van der Waals surface area contributed by atoms with E-state index in [1.807, 2.05) is 0 Å². The van der Waals surface area contributed by atoms with Crippen LogP contribution in [-0.4, -0.2) is 13.5 Å². The maximum absolute atomic E-state index is 12.5. The third-order valence-corrected chi connectivity index (χ3v) is 5.12. The van der Waals surface area contributed by atoms with Crippen LogP contribution < -0.4 is 4.72 Å². The molecule has 0 aliphatic heterocycles. The van der Waals surface area contributed by atoms with Crippen LogP contribution in [0, 0.1) is 13.8 Å². The van der Waals surface area contributed by atoms with E-state index in [0.717, 1.165) is 5.56 Å². The summed E-state index contributed by atoms with van der Waals surface area (Å²) in [4.78, 5) is 0.133. The van der Waals surface area contributed by atoms with Gasteiger partial charge in [0.15, 0.2) is 0 Å². The molecule has 0 fully saturated rings. The van der Waals surface area contributed by atoms with Crippen molar-refractivity contribution in [3.8, 4) is 0 Å². The number of rotatable bonds is 4. The van der Waals surface area contributed by atoms with E-state index < -0.39 is 10.0 Å². The van der Waals surface area contributed by atoms with Gasteiger partial charge in [-0.25, -0.2) is 8.42 Å². The molecular formula is C15H16ClNO3S. The molecule has 0 aliphatic rings. The summed E-state index contributed by atoms with van der Waals surface area (Å²) in [5, 5.41) is 9.59. The van der Waals surface area contributed by atoms with E-state index in [0.29, 0.717) is 21.8 Å². The van der Waals surface area contributed by atoms with Gasteiger partial charge in [-0.1, -0.05) is 35.9 Å². The van der Waals surface area contributed by atoms with Gasteiger partial charge in [-0.05, 0) is 42.7 Å². The summed E-state index contributed by atoms with van der Waals surface area (Å²) in [7, 11) is -3.77. The monoisotopic (exact) mass is 325 g/mol. The first-order chi connectivity index (χ1) is 9.86. The van der Waals surface area contributed by atoms with E-state index in [1.54, 1.807) is 44.2 Å². The summed E-state index contributed by atoms with van der Waals surface area (Å²) in [5.41, 5.74) is 2.21. The molecule has 21 heavy (non-hydrogen) atoms. The Morgan fingerprint density at radius 1 is 1.14 bits per heavy atom. The van der Waals surface area contributed by atoms with Gasteiger partial charge in [0.25, 0.3) is 10.0 Å². The molecule has 0 radical (unpaired) electrons. The molecule has 112 valence electrons. The van der Waals surface area contributed by atoms with Crippen LogP contribution in [0.4, 0.5) is 5.69 Å². The minimum absolute atomic E-state index is 0.133. The van der Waals surface area contributed by atoms with Crippen LogP contribution in [0.2, 0.25) is 5.02 Å². The fourth-order valence-corrected chi connectivity index (χ4v) is 3.84. The summed E-state index contributed by atoms with van der Waals surface area (Å²) in [6, 6.07) is 9.96. The fraction of sp³-hybridized carbons (Fsp3) is 0.200. The highest BCUT2D eigenvalue weighted by molar-refractivity contribution is 7.92. The maximum atomic E-state index is 12.5. The van der Waals surface area contributed by atoms with E-state index in [1.165, 1.54) is 6.07 Å². The summed E-state index contributed by atoms with van der Waals surface area (Å²) in [5.74, 6) is 0. The normalized spacial score (nSPS) is 11.4. The van der Waals surface area contributed by atoms with Crippen LogP contribution in [0.25, 0.3) is 0 Å². The molecule has 0 bridgehead atoms. The van der Waals surface area contributed by atoms with Crippen molar-refractivity contribution >= 4 is 27.3 Å². The fourth-order valence-electron chi connectivity index (χ4n) is 2.07. The van der Waals surface area contributed by atoms with Crippen LogP contribution in [0.15, 0.2) is 41.3 Å². The van der Waals surface area contributed by atoms with E-state index in [9.17, 15) is 13.5 Å². The molecule has 0 aliphatic carbocycles. The van der Waals surface area contributed by atoms with Crippen molar-refractivity contribution in [2.24, 2.45) is 0 Å². The molecule has 0 heterocycles. The summed E-state index contributed by atoms with van der Waals surface area (Å²) < 4.78 is 27.6. The number of halogens is 1. The Morgan fingerprint density at radius 2 is 1.81 bits per heavy atom. The zero-order valence-electron chi connectivity index (χ0n) is 11.7. The van der Waals surface area contributed by atoms with Gasteiger partial charge in [-0.2, -0.15) is 0 Å². The number of anilines is 1. The van der Waals surface area contributed by atoms with Gasteiger partial charge in [-0.3, -0.25) is 4.72 Å². The Kier molecular flexibility index (Phi) is 4.56. The number of sulfonamides is 1. The largest absolute Gasteiger partial charge is 0.392 e. The number of aliphatic hydroxyl groups excluding tert-OH is 1. The number of aryl methyl sites for hydroxylation is 1. The Labute approximate surface area is 129 Å². The highest BCUT2D eigenvalue weighted by atomic mass is 35.5. The van der Waals surface area contributed by atoms with Gasteiger partial charge in [0.1, 0.15) is 0 Å². The number of hydrogen-bond donors (Lipinski definition) is 2. The number of para-hydroxylation sites is 1. The topological polar surface area (TPSA) is 66.4 Å². The lowest BCUT2D eigenvalue weighted by atomic mass is 10.1. The Balaban J connectivity index is 2.49. The second kappa shape index (κ2) is 6.05. The van der Waals surface area contributed by atoms with Crippen LogP contribution in [0.5, 0.6) is 0 Å². The number of hydrogen-bond acceptors (Lipinski definition) is 3. The molecule has 0 saturated carbocycles. The minimum Gasteiger partial charge on any atom is -0.392 e. The number of aliphatic hydroxyl groups is 1. The predicted molar refractivity (Wildman–Crippen MR) is 84.1 cm³/mol. The maximum Gasteiger partial charge on any atom is 0.262 e. The highest BCUT2D eigenvalue weighted by Gasteiger charge is 2.20. The Morgan fingerprint density at radius 3 is 2.43 bits per heavy atom. The molecule has 0 saturated heterocycles. The first-order valence-corrected chi connectivity index (χ1v) is 8.20. The SMILES string of the molecule is Cc1cccc(Cl)c1NS(=O)(=O)c1cccc(CO)c1C. The first kappa shape index (κ1) is 15.8. The van der Waals surface area contributed by atoms with Gasteiger partial charge < -0.3 is 5.11 Å². The molecule has 0 atom stereocenters. The zero-order chi connectivity index (χ0) is 15.6. The van der Waals surface area contributed by atoms with Crippen LogP contribution in [-0.2, 0) is 16.6 Å². The van der Waals surface area contributed by atoms with Gasteiger partial charge in [0.05, 0.1) is 22.2 Å². The molecule has 0 spiro atoms.